The number of hydrogen-bond acceptors (Lipinski definition) is 7. The molecule has 2 aromatic rings. The molecule has 2 rings (SSSR count). The summed E-state index contributed by atoms with van der Waals surface area (Å²) in [6.07, 6.45) is 2.34. The Kier molecular flexibility index (Phi) is 6.51. The first-order chi connectivity index (χ1) is 12.0. The molecule has 8 nitrogen and oxygen atoms in total. The van der Waals surface area contributed by atoms with Crippen LogP contribution in [0.4, 0.5) is 0 Å². The quantitative estimate of drug-likeness (QED) is 0.724. The lowest BCUT2D eigenvalue weighted by molar-refractivity contribution is -0.145. The molecule has 1 aromatic carbocycles. The van der Waals surface area contributed by atoms with Gasteiger partial charge in [0.1, 0.15) is 17.6 Å². The number of ether oxygens (including phenoxy) is 1. The minimum Gasteiger partial charge on any atom is -0.467 e. The van der Waals surface area contributed by atoms with Crippen molar-refractivity contribution < 1.29 is 14.3 Å². The first-order valence-corrected chi connectivity index (χ1v) is 9.10. The zero-order valence-corrected chi connectivity index (χ0v) is 15.1. The molecular formula is C16H20N4O4S. The van der Waals surface area contributed by atoms with Gasteiger partial charge in [0.2, 0.25) is 5.91 Å². The Morgan fingerprint density at radius 2 is 2.08 bits per heavy atom. The van der Waals surface area contributed by atoms with Crippen LogP contribution in [0.2, 0.25) is 0 Å². The third-order valence-corrected chi connectivity index (χ3v) is 4.39. The third kappa shape index (κ3) is 4.36. The molecule has 2 atom stereocenters. The number of thioether (sulfide) groups is 1. The minimum atomic E-state index is -0.911. The maximum atomic E-state index is 12.5. The van der Waals surface area contributed by atoms with E-state index in [0.717, 1.165) is 4.68 Å². The van der Waals surface area contributed by atoms with E-state index in [4.69, 9.17) is 4.74 Å². The molecule has 25 heavy (non-hydrogen) atoms. The van der Waals surface area contributed by atoms with E-state index < -0.39 is 29.5 Å². The van der Waals surface area contributed by atoms with Gasteiger partial charge >= 0.3 is 5.97 Å². The molecule has 1 heterocycles. The Morgan fingerprint density at radius 3 is 2.76 bits per heavy atom. The molecule has 0 aliphatic carbocycles. The number of carbonyl (C=O) groups excluding carboxylic acids is 2. The highest BCUT2D eigenvalue weighted by atomic mass is 32.2. The first-order valence-electron chi connectivity index (χ1n) is 7.71. The van der Waals surface area contributed by atoms with Crippen LogP contribution in [0.25, 0.3) is 10.9 Å². The van der Waals surface area contributed by atoms with Crippen LogP contribution in [0.1, 0.15) is 19.4 Å². The number of hydrogen-bond donors (Lipinski definition) is 1. The lowest BCUT2D eigenvalue weighted by atomic mass is 10.2. The second-order valence-electron chi connectivity index (χ2n) is 5.40. The smallest absolute Gasteiger partial charge is 0.328 e. The number of fused-ring (bicyclic) bond motifs is 1. The predicted octanol–water partition coefficient (Wildman–Crippen LogP) is 0.763. The molecule has 1 N–H and O–H groups in total. The van der Waals surface area contributed by atoms with Crippen molar-refractivity contribution in [3.05, 3.63) is 34.6 Å². The normalized spacial score (nSPS) is 13.2. The summed E-state index contributed by atoms with van der Waals surface area (Å²) in [6.45, 7) is 1.53. The maximum Gasteiger partial charge on any atom is 0.328 e. The number of methoxy groups -OCH3 is 1. The molecule has 0 saturated carbocycles. The largest absolute Gasteiger partial charge is 0.467 e. The van der Waals surface area contributed by atoms with Crippen molar-refractivity contribution in [3.63, 3.8) is 0 Å². The van der Waals surface area contributed by atoms with Crippen LogP contribution < -0.4 is 10.9 Å². The van der Waals surface area contributed by atoms with Gasteiger partial charge in [-0.2, -0.15) is 16.4 Å². The molecule has 0 bridgehead atoms. The standard InChI is InChI=1S/C16H20N4O4S/c1-10(14(21)17-13(8-9-25-3)16(23)24-2)20-15(22)11-6-4-5-7-12(11)18-19-20/h4-7,10,13H,8-9H2,1-3H3,(H,17,21)/t10-,13+/m1/s1. The Hall–Kier alpha value is -2.42. The van der Waals surface area contributed by atoms with Crippen molar-refractivity contribution in [1.29, 1.82) is 0 Å². The SMILES string of the molecule is COC(=O)[C@H](CCSC)NC(=O)[C@@H](C)n1nnc2ccccc2c1=O. The van der Waals surface area contributed by atoms with Crippen molar-refractivity contribution in [1.82, 2.24) is 20.3 Å². The van der Waals surface area contributed by atoms with Crippen LogP contribution in [0.3, 0.4) is 0 Å². The maximum absolute atomic E-state index is 12.5. The van der Waals surface area contributed by atoms with Crippen molar-refractivity contribution in [2.45, 2.75) is 25.4 Å². The topological polar surface area (TPSA) is 103 Å². The number of carbonyl (C=O) groups is 2. The van der Waals surface area contributed by atoms with E-state index >= 15 is 0 Å². The number of esters is 1. The Bertz CT molecular complexity index is 823. The van der Waals surface area contributed by atoms with Gasteiger partial charge < -0.3 is 10.1 Å². The highest BCUT2D eigenvalue weighted by molar-refractivity contribution is 7.98. The summed E-state index contributed by atoms with van der Waals surface area (Å²) < 4.78 is 5.73. The molecule has 0 spiro atoms. The van der Waals surface area contributed by atoms with Crippen LogP contribution in [0.15, 0.2) is 29.1 Å². The molecule has 9 heteroatoms. The highest BCUT2D eigenvalue weighted by Crippen LogP contribution is 2.08. The van der Waals surface area contributed by atoms with Crippen molar-refractivity contribution in [3.8, 4) is 0 Å². The van der Waals surface area contributed by atoms with Gasteiger partial charge in [0, 0.05) is 0 Å². The molecule has 134 valence electrons. The lowest BCUT2D eigenvalue weighted by Gasteiger charge is -2.19. The fraction of sp³-hybridized carbons (Fsp3) is 0.438. The number of amides is 1. The van der Waals surface area contributed by atoms with Crippen molar-refractivity contribution in [2.24, 2.45) is 0 Å². The van der Waals surface area contributed by atoms with E-state index in [9.17, 15) is 14.4 Å². The fourth-order valence-electron chi connectivity index (χ4n) is 2.29. The Balaban J connectivity index is 2.22. The van der Waals surface area contributed by atoms with E-state index in [1.165, 1.54) is 14.0 Å². The Labute approximate surface area is 148 Å². The Morgan fingerprint density at radius 1 is 1.36 bits per heavy atom. The van der Waals surface area contributed by atoms with E-state index in [2.05, 4.69) is 15.6 Å². The summed E-state index contributed by atoms with van der Waals surface area (Å²) in [4.78, 5) is 36.8. The van der Waals surface area contributed by atoms with Gasteiger partial charge in [0.25, 0.3) is 5.56 Å². The average molecular weight is 364 g/mol. The van der Waals surface area contributed by atoms with Gasteiger partial charge in [-0.25, -0.2) is 4.79 Å². The number of nitrogens with one attached hydrogen (secondary N) is 1. The number of benzene rings is 1. The summed E-state index contributed by atoms with van der Waals surface area (Å²) in [5, 5.41) is 10.8. The van der Waals surface area contributed by atoms with Crippen LogP contribution in [0.5, 0.6) is 0 Å². The monoisotopic (exact) mass is 364 g/mol. The van der Waals surface area contributed by atoms with Crippen molar-refractivity contribution in [2.75, 3.05) is 19.1 Å². The van der Waals surface area contributed by atoms with Crippen LogP contribution in [-0.2, 0) is 14.3 Å². The number of nitrogens with zero attached hydrogens (tertiary/aromatic N) is 3. The molecule has 0 radical (unpaired) electrons. The number of rotatable bonds is 7. The second kappa shape index (κ2) is 8.61. The van der Waals surface area contributed by atoms with Crippen LogP contribution >= 0.6 is 11.8 Å². The molecule has 0 aliphatic rings. The highest BCUT2D eigenvalue weighted by Gasteiger charge is 2.26. The molecular weight excluding hydrogens is 344 g/mol. The van der Waals surface area contributed by atoms with Crippen LogP contribution in [-0.4, -0.2) is 52.0 Å². The van der Waals surface area contributed by atoms with Crippen LogP contribution in [0, 0.1) is 0 Å². The first kappa shape index (κ1) is 18.9. The molecule has 0 aliphatic heterocycles. The molecule has 1 amide bonds. The predicted molar refractivity (Wildman–Crippen MR) is 95.5 cm³/mol. The second-order valence-corrected chi connectivity index (χ2v) is 6.38. The van der Waals surface area contributed by atoms with Gasteiger partial charge in [-0.05, 0) is 37.5 Å². The summed E-state index contributed by atoms with van der Waals surface area (Å²) in [5.41, 5.74) is 0.0516. The summed E-state index contributed by atoms with van der Waals surface area (Å²) in [7, 11) is 1.27. The van der Waals surface area contributed by atoms with Gasteiger partial charge in [-0.3, -0.25) is 9.59 Å². The van der Waals surface area contributed by atoms with E-state index in [0.29, 0.717) is 23.1 Å². The minimum absolute atomic E-state index is 0.379. The molecule has 0 unspecified atom stereocenters. The molecule has 0 saturated heterocycles. The number of aromatic nitrogens is 3. The third-order valence-electron chi connectivity index (χ3n) is 3.75. The van der Waals surface area contributed by atoms with E-state index in [1.54, 1.807) is 36.0 Å². The van der Waals surface area contributed by atoms with Gasteiger partial charge in [-0.1, -0.05) is 17.3 Å². The summed E-state index contributed by atoms with van der Waals surface area (Å²) in [6, 6.07) is 5.10. The van der Waals surface area contributed by atoms with Crippen molar-refractivity contribution >= 4 is 34.5 Å². The van der Waals surface area contributed by atoms with Gasteiger partial charge in [0.15, 0.2) is 0 Å². The van der Waals surface area contributed by atoms with Gasteiger partial charge in [-0.15, -0.1) is 5.10 Å². The fourth-order valence-corrected chi connectivity index (χ4v) is 2.76. The van der Waals surface area contributed by atoms with Gasteiger partial charge in [0.05, 0.1) is 12.5 Å². The van der Waals surface area contributed by atoms with E-state index in [1.807, 2.05) is 6.26 Å². The molecule has 0 fully saturated rings. The summed E-state index contributed by atoms with van der Waals surface area (Å²) >= 11 is 1.56. The lowest BCUT2D eigenvalue weighted by Crippen LogP contribution is -2.46. The average Bonchev–Trinajstić information content (AvgIpc) is 2.64. The van der Waals surface area contributed by atoms with E-state index in [-0.39, 0.29) is 0 Å². The summed E-state index contributed by atoms with van der Waals surface area (Å²) in [5.74, 6) is -0.334. The zero-order valence-electron chi connectivity index (χ0n) is 14.3. The molecule has 1 aromatic heterocycles. The zero-order chi connectivity index (χ0) is 18.4.